The minimum atomic E-state index is -0.229. The van der Waals surface area contributed by atoms with Crippen LogP contribution in [0.5, 0.6) is 0 Å². The van der Waals surface area contributed by atoms with Gasteiger partial charge in [-0.05, 0) is 49.8 Å². The van der Waals surface area contributed by atoms with Gasteiger partial charge in [0.05, 0.1) is 12.0 Å². The Kier molecular flexibility index (Phi) is 5.81. The maximum absolute atomic E-state index is 13.3. The maximum Gasteiger partial charge on any atom is 0.227 e. The molecule has 2 fully saturated rings. The quantitative estimate of drug-likeness (QED) is 0.791. The fourth-order valence-corrected chi connectivity index (χ4v) is 5.40. The molecule has 1 saturated heterocycles. The molecule has 5 heteroatoms. The Morgan fingerprint density at radius 1 is 1.07 bits per heavy atom. The van der Waals surface area contributed by atoms with Gasteiger partial charge < -0.3 is 10.2 Å². The molecule has 0 radical (unpaired) electrons. The first-order valence-corrected chi connectivity index (χ1v) is 11.2. The molecule has 2 atom stereocenters. The van der Waals surface area contributed by atoms with Crippen molar-refractivity contribution in [2.75, 3.05) is 4.90 Å². The van der Waals surface area contributed by atoms with Crippen LogP contribution in [0.1, 0.15) is 61.4 Å². The minimum absolute atomic E-state index is 0.101. The maximum atomic E-state index is 13.3. The number of carbonyl (C=O) groups excluding carboxylic acids is 2. The van der Waals surface area contributed by atoms with Gasteiger partial charge in [-0.25, -0.2) is 0 Å². The third-order valence-electron chi connectivity index (χ3n) is 6.03. The number of hydrogen-bond acceptors (Lipinski definition) is 3. The van der Waals surface area contributed by atoms with Crippen molar-refractivity contribution in [3.05, 3.63) is 52.2 Å². The first-order chi connectivity index (χ1) is 13.6. The molecule has 28 heavy (non-hydrogen) atoms. The molecular formula is C23H28N2O2S. The number of amides is 2. The first kappa shape index (κ1) is 19.2. The molecule has 1 N–H and O–H groups in total. The zero-order chi connectivity index (χ0) is 19.5. The number of piperidine rings is 1. The third kappa shape index (κ3) is 4.00. The van der Waals surface area contributed by atoms with Crippen LogP contribution in [0.2, 0.25) is 0 Å². The van der Waals surface area contributed by atoms with Gasteiger partial charge in [-0.3, -0.25) is 9.59 Å². The average Bonchev–Trinajstić information content (AvgIpc) is 3.24. The summed E-state index contributed by atoms with van der Waals surface area (Å²) in [7, 11) is 0. The number of carbonyl (C=O) groups is 2. The molecule has 1 aromatic carbocycles. The highest BCUT2D eigenvalue weighted by atomic mass is 32.1. The van der Waals surface area contributed by atoms with E-state index in [2.05, 4.69) is 11.4 Å². The summed E-state index contributed by atoms with van der Waals surface area (Å²) < 4.78 is 0. The summed E-state index contributed by atoms with van der Waals surface area (Å²) in [6.45, 7) is 2.04. The van der Waals surface area contributed by atoms with E-state index in [1.165, 1.54) is 19.3 Å². The lowest BCUT2D eigenvalue weighted by Gasteiger charge is -2.40. The van der Waals surface area contributed by atoms with Crippen LogP contribution in [0, 0.1) is 12.8 Å². The number of rotatable bonds is 4. The SMILES string of the molecule is Cc1ccc(N2C(=O)CCC(C(=O)NC3CCCCC3)C2c2cccs2)cc1. The molecule has 2 amide bonds. The van der Waals surface area contributed by atoms with E-state index in [1.807, 2.05) is 47.5 Å². The second-order valence-corrected chi connectivity index (χ2v) is 9.03. The van der Waals surface area contributed by atoms with Crippen molar-refractivity contribution in [3.63, 3.8) is 0 Å². The van der Waals surface area contributed by atoms with Gasteiger partial charge in [0.2, 0.25) is 11.8 Å². The lowest BCUT2D eigenvalue weighted by atomic mass is 9.85. The van der Waals surface area contributed by atoms with Gasteiger partial charge in [0.15, 0.2) is 0 Å². The van der Waals surface area contributed by atoms with Crippen LogP contribution in [0.15, 0.2) is 41.8 Å². The summed E-state index contributed by atoms with van der Waals surface area (Å²) in [6, 6.07) is 12.2. The van der Waals surface area contributed by atoms with Crippen LogP contribution in [0.4, 0.5) is 5.69 Å². The number of benzene rings is 1. The Morgan fingerprint density at radius 3 is 2.50 bits per heavy atom. The fourth-order valence-electron chi connectivity index (χ4n) is 4.52. The molecule has 1 saturated carbocycles. The minimum Gasteiger partial charge on any atom is -0.353 e. The van der Waals surface area contributed by atoms with Crippen LogP contribution < -0.4 is 10.2 Å². The van der Waals surface area contributed by atoms with Crippen molar-refractivity contribution in [2.24, 2.45) is 5.92 Å². The van der Waals surface area contributed by atoms with E-state index in [0.717, 1.165) is 29.0 Å². The predicted molar refractivity (Wildman–Crippen MR) is 113 cm³/mol. The van der Waals surface area contributed by atoms with Gasteiger partial charge in [0.25, 0.3) is 0 Å². The summed E-state index contributed by atoms with van der Waals surface area (Å²) in [5, 5.41) is 5.33. The summed E-state index contributed by atoms with van der Waals surface area (Å²) in [5.41, 5.74) is 2.04. The van der Waals surface area contributed by atoms with E-state index in [9.17, 15) is 9.59 Å². The standard InChI is InChI=1S/C23H28N2O2S/c1-16-9-11-18(12-10-16)25-21(26)14-13-19(22(25)20-8-5-15-28-20)23(27)24-17-6-3-2-4-7-17/h5,8-12,15,17,19,22H,2-4,6-7,13-14H2,1H3,(H,24,27). The Hall–Kier alpha value is -2.14. The highest BCUT2D eigenvalue weighted by Crippen LogP contribution is 2.41. The van der Waals surface area contributed by atoms with Gasteiger partial charge >= 0.3 is 0 Å². The monoisotopic (exact) mass is 396 g/mol. The van der Waals surface area contributed by atoms with Crippen molar-refractivity contribution in [1.82, 2.24) is 5.32 Å². The Bertz CT molecular complexity index is 810. The van der Waals surface area contributed by atoms with Crippen LogP contribution >= 0.6 is 11.3 Å². The Morgan fingerprint density at radius 2 is 1.82 bits per heavy atom. The Balaban J connectivity index is 1.64. The van der Waals surface area contributed by atoms with E-state index >= 15 is 0 Å². The molecule has 4 rings (SSSR count). The van der Waals surface area contributed by atoms with E-state index < -0.39 is 0 Å². The number of nitrogens with zero attached hydrogens (tertiary/aromatic N) is 1. The number of aryl methyl sites for hydroxylation is 1. The molecule has 1 aliphatic heterocycles. The normalized spacial score (nSPS) is 23.6. The van der Waals surface area contributed by atoms with Crippen LogP contribution in [-0.4, -0.2) is 17.9 Å². The van der Waals surface area contributed by atoms with Crippen molar-refractivity contribution < 1.29 is 9.59 Å². The van der Waals surface area contributed by atoms with Crippen LogP contribution in [-0.2, 0) is 9.59 Å². The van der Waals surface area contributed by atoms with E-state index in [-0.39, 0.29) is 29.8 Å². The van der Waals surface area contributed by atoms with Crippen LogP contribution in [0.3, 0.4) is 0 Å². The topological polar surface area (TPSA) is 49.4 Å². The molecule has 2 aliphatic rings. The molecule has 4 nitrogen and oxygen atoms in total. The number of anilines is 1. The number of thiophene rings is 1. The number of nitrogens with one attached hydrogen (secondary N) is 1. The molecule has 2 heterocycles. The van der Waals surface area contributed by atoms with E-state index in [0.29, 0.717) is 12.8 Å². The van der Waals surface area contributed by atoms with Gasteiger partial charge in [0.1, 0.15) is 0 Å². The highest BCUT2D eigenvalue weighted by Gasteiger charge is 2.42. The average molecular weight is 397 g/mol. The van der Waals surface area contributed by atoms with Gasteiger partial charge in [0, 0.05) is 23.0 Å². The predicted octanol–water partition coefficient (Wildman–Crippen LogP) is 4.99. The smallest absolute Gasteiger partial charge is 0.227 e. The lowest BCUT2D eigenvalue weighted by Crippen LogP contribution is -2.50. The first-order valence-electron chi connectivity index (χ1n) is 10.4. The second-order valence-electron chi connectivity index (χ2n) is 8.05. The lowest BCUT2D eigenvalue weighted by molar-refractivity contribution is -0.130. The van der Waals surface area contributed by atoms with E-state index in [4.69, 9.17) is 0 Å². The van der Waals surface area contributed by atoms with Gasteiger partial charge in [-0.2, -0.15) is 0 Å². The molecule has 1 aromatic heterocycles. The van der Waals surface area contributed by atoms with Gasteiger partial charge in [-0.1, -0.05) is 43.0 Å². The number of hydrogen-bond donors (Lipinski definition) is 1. The molecule has 0 spiro atoms. The van der Waals surface area contributed by atoms with Crippen LogP contribution in [0.25, 0.3) is 0 Å². The second kappa shape index (κ2) is 8.48. The molecule has 0 bridgehead atoms. The van der Waals surface area contributed by atoms with E-state index in [1.54, 1.807) is 11.3 Å². The Labute approximate surface area is 170 Å². The molecule has 2 aromatic rings. The third-order valence-corrected chi connectivity index (χ3v) is 6.98. The largest absolute Gasteiger partial charge is 0.353 e. The zero-order valence-corrected chi connectivity index (χ0v) is 17.2. The summed E-state index contributed by atoms with van der Waals surface area (Å²) >= 11 is 1.63. The summed E-state index contributed by atoms with van der Waals surface area (Å²) in [6.07, 6.45) is 6.82. The highest BCUT2D eigenvalue weighted by molar-refractivity contribution is 7.10. The molecule has 1 aliphatic carbocycles. The molecular weight excluding hydrogens is 368 g/mol. The molecule has 2 unspecified atom stereocenters. The molecule has 148 valence electrons. The van der Waals surface area contributed by atoms with Crippen molar-refractivity contribution in [2.45, 2.75) is 64.0 Å². The van der Waals surface area contributed by atoms with Crippen molar-refractivity contribution in [3.8, 4) is 0 Å². The fraction of sp³-hybridized carbons (Fsp3) is 0.478. The summed E-state index contributed by atoms with van der Waals surface area (Å²) in [4.78, 5) is 29.1. The zero-order valence-electron chi connectivity index (χ0n) is 16.4. The van der Waals surface area contributed by atoms with Crippen molar-refractivity contribution in [1.29, 1.82) is 0 Å². The summed E-state index contributed by atoms with van der Waals surface area (Å²) in [5.74, 6) is -0.00143. The van der Waals surface area contributed by atoms with Crippen molar-refractivity contribution >= 4 is 28.8 Å². The van der Waals surface area contributed by atoms with Gasteiger partial charge in [-0.15, -0.1) is 11.3 Å².